The van der Waals surface area contributed by atoms with Gasteiger partial charge in [-0.3, -0.25) is 29.4 Å². The van der Waals surface area contributed by atoms with Crippen LogP contribution in [0, 0.1) is 0 Å². The van der Waals surface area contributed by atoms with Gasteiger partial charge in [0.1, 0.15) is 24.8 Å². The lowest BCUT2D eigenvalue weighted by atomic mass is 10.0. The molecular weight excluding hydrogens is 789 g/mol. The highest BCUT2D eigenvalue weighted by Gasteiger charge is 2.45. The quantitative estimate of drug-likeness (QED) is 0.0710. The molecule has 310 valence electrons. The number of ether oxygens (including phenoxy) is 1. The number of methoxy groups -OCH3 is 1. The lowest BCUT2D eigenvalue weighted by molar-refractivity contribution is -0.136. The van der Waals surface area contributed by atoms with Crippen LogP contribution in [0.5, 0.6) is 5.75 Å². The molecule has 1 unspecified atom stereocenters. The van der Waals surface area contributed by atoms with E-state index in [1.54, 1.807) is 44.8 Å². The van der Waals surface area contributed by atoms with Gasteiger partial charge in [0.2, 0.25) is 11.8 Å². The Morgan fingerprint density at radius 2 is 1.68 bits per heavy atom. The van der Waals surface area contributed by atoms with Crippen molar-refractivity contribution in [2.45, 2.75) is 69.9 Å². The number of amides is 4. The number of piperidine rings is 2. The summed E-state index contributed by atoms with van der Waals surface area (Å²) in [6.45, 7) is 6.98. The summed E-state index contributed by atoms with van der Waals surface area (Å²) in [4.78, 5) is 63.2. The van der Waals surface area contributed by atoms with Gasteiger partial charge in [0, 0.05) is 79.4 Å². The van der Waals surface area contributed by atoms with E-state index in [0.29, 0.717) is 47.7 Å². The molecule has 0 radical (unpaired) electrons. The summed E-state index contributed by atoms with van der Waals surface area (Å²) < 4.78 is 18.8. The molecule has 3 aliphatic heterocycles. The van der Waals surface area contributed by atoms with E-state index in [-0.39, 0.29) is 24.0 Å². The van der Waals surface area contributed by atoms with Gasteiger partial charge in [-0.15, -0.1) is 0 Å². The number of hydrogen-bond acceptors (Lipinski definition) is 11. The van der Waals surface area contributed by atoms with Gasteiger partial charge in [-0.2, -0.15) is 0 Å². The number of hydrogen-bond donors (Lipinski definition) is 3. The Morgan fingerprint density at radius 3 is 2.44 bits per heavy atom. The molecule has 3 N–H and O–H groups in total. The topological polar surface area (TPSA) is 163 Å². The third-order valence-corrected chi connectivity index (χ3v) is 13.3. The van der Waals surface area contributed by atoms with E-state index in [1.165, 1.54) is 0 Å². The van der Waals surface area contributed by atoms with Crippen LogP contribution < -0.4 is 30.9 Å². The number of unbranched alkanes of at least 4 members (excludes halogenated alkanes) is 2. The van der Waals surface area contributed by atoms with E-state index < -0.39 is 36.8 Å². The molecule has 0 aliphatic carbocycles. The average Bonchev–Trinajstić information content (AvgIpc) is 3.48. The number of nitrogens with zero attached hydrogens (tertiary/aromatic N) is 4. The minimum Gasteiger partial charge on any atom is -0.496 e. The molecule has 4 amide bonds. The second kappa shape index (κ2) is 18.4. The Bertz CT molecular complexity index is 2290. The smallest absolute Gasteiger partial charge is 0.264 e. The van der Waals surface area contributed by atoms with Crippen LogP contribution in [0.4, 0.5) is 11.4 Å². The van der Waals surface area contributed by atoms with Crippen LogP contribution in [0.25, 0.3) is 0 Å². The molecule has 2 saturated heterocycles. The van der Waals surface area contributed by atoms with E-state index in [2.05, 4.69) is 44.0 Å². The standard InChI is InChI=1S/C44H51ClN7O6P/c1-58-37-26-31(15-14-28(37)25-39-48-27-33(45)35(49-39)24-29-10-5-6-13-38(29)59(2,3)57)51-22-18-30(19-23-51)46-20-7-4-8-21-47-34-12-9-11-32-41(34)44(56)52(43(32)55)36-16-17-40(53)50-42(36)54/h5-6,9-15,26-27,30,36,46-47H,4,7-8,16-25H2,1-3H3,(H,50,53,54). The first-order chi connectivity index (χ1) is 28.4. The van der Waals surface area contributed by atoms with E-state index in [0.717, 1.165) is 84.5 Å². The van der Waals surface area contributed by atoms with E-state index in [4.69, 9.17) is 21.3 Å². The van der Waals surface area contributed by atoms with Crippen molar-refractivity contribution in [1.82, 2.24) is 25.5 Å². The zero-order chi connectivity index (χ0) is 41.7. The van der Waals surface area contributed by atoms with E-state index >= 15 is 0 Å². The molecule has 0 bridgehead atoms. The van der Waals surface area contributed by atoms with Crippen molar-refractivity contribution < 1.29 is 28.5 Å². The molecule has 4 heterocycles. The summed E-state index contributed by atoms with van der Waals surface area (Å²) >= 11 is 6.55. The number of carbonyl (C=O) groups is 4. The van der Waals surface area contributed by atoms with Crippen molar-refractivity contribution in [3.05, 3.63) is 106 Å². The highest BCUT2D eigenvalue weighted by Crippen LogP contribution is 2.37. The molecule has 0 spiro atoms. The third kappa shape index (κ3) is 9.69. The second-order valence-corrected chi connectivity index (χ2v) is 19.4. The zero-order valence-corrected chi connectivity index (χ0v) is 35.4. The van der Waals surface area contributed by atoms with Crippen LogP contribution in [0.2, 0.25) is 5.02 Å². The molecule has 1 aromatic heterocycles. The summed E-state index contributed by atoms with van der Waals surface area (Å²) in [5.41, 5.74) is 4.90. The molecule has 59 heavy (non-hydrogen) atoms. The van der Waals surface area contributed by atoms with Crippen LogP contribution in [0.15, 0.2) is 66.9 Å². The second-order valence-electron chi connectivity index (χ2n) is 15.8. The van der Waals surface area contributed by atoms with Gasteiger partial charge in [-0.05, 0) is 75.7 Å². The number of halogens is 1. The molecule has 2 fully saturated rings. The monoisotopic (exact) mass is 839 g/mol. The molecule has 3 aromatic carbocycles. The molecule has 0 saturated carbocycles. The number of imide groups is 2. The highest BCUT2D eigenvalue weighted by molar-refractivity contribution is 7.70. The minimum atomic E-state index is -2.48. The zero-order valence-electron chi connectivity index (χ0n) is 33.8. The van der Waals surface area contributed by atoms with Crippen LogP contribution in [0.1, 0.15) is 88.3 Å². The summed E-state index contributed by atoms with van der Waals surface area (Å²) in [5, 5.41) is 10.6. The Kier molecular flexibility index (Phi) is 13.1. The normalized spacial score (nSPS) is 17.3. The number of fused-ring (bicyclic) bond motifs is 1. The maximum atomic E-state index is 13.3. The van der Waals surface area contributed by atoms with Gasteiger partial charge in [-0.25, -0.2) is 9.97 Å². The van der Waals surface area contributed by atoms with Crippen molar-refractivity contribution in [2.75, 3.05) is 56.8 Å². The lowest BCUT2D eigenvalue weighted by Gasteiger charge is -2.34. The first-order valence-corrected chi connectivity index (χ1v) is 23.3. The molecule has 7 rings (SSSR count). The van der Waals surface area contributed by atoms with Gasteiger partial charge in [0.25, 0.3) is 11.8 Å². The van der Waals surface area contributed by atoms with Crippen LogP contribution in [-0.4, -0.2) is 97.2 Å². The summed E-state index contributed by atoms with van der Waals surface area (Å²) in [6.07, 6.45) is 7.77. The first-order valence-electron chi connectivity index (χ1n) is 20.3. The number of anilines is 2. The van der Waals surface area contributed by atoms with Gasteiger partial charge >= 0.3 is 0 Å². The summed E-state index contributed by atoms with van der Waals surface area (Å²) in [7, 11) is -0.791. The Morgan fingerprint density at radius 1 is 0.898 bits per heavy atom. The number of rotatable bonds is 16. The predicted molar refractivity (Wildman–Crippen MR) is 230 cm³/mol. The van der Waals surface area contributed by atoms with Crippen LogP contribution >= 0.6 is 18.7 Å². The highest BCUT2D eigenvalue weighted by atomic mass is 35.5. The SMILES string of the molecule is COc1cc(N2CCC(NCCCCCNc3cccc4c3C(=O)N(C3CCC(=O)NC3=O)C4=O)CC2)ccc1Cc1ncc(Cl)c(Cc2ccccc2P(C)(C)=O)n1. The fraction of sp³-hybridized carbons (Fsp3) is 0.409. The summed E-state index contributed by atoms with van der Waals surface area (Å²) in [6, 6.07) is 18.6. The Labute approximate surface area is 350 Å². The third-order valence-electron chi connectivity index (χ3n) is 11.3. The van der Waals surface area contributed by atoms with Crippen molar-refractivity contribution in [2.24, 2.45) is 0 Å². The fourth-order valence-electron chi connectivity index (χ4n) is 8.23. The van der Waals surface area contributed by atoms with Crippen molar-refractivity contribution >= 4 is 59.1 Å². The average molecular weight is 840 g/mol. The fourth-order valence-corrected chi connectivity index (χ4v) is 9.67. The Hall–Kier alpha value is -5.10. The predicted octanol–water partition coefficient (Wildman–Crippen LogP) is 5.81. The number of benzene rings is 3. The van der Waals surface area contributed by atoms with Crippen molar-refractivity contribution in [1.29, 1.82) is 0 Å². The molecular formula is C44H51ClN7O6P. The first kappa shape index (κ1) is 42.0. The number of aromatic nitrogens is 2. The molecule has 15 heteroatoms. The maximum Gasteiger partial charge on any atom is 0.264 e. The van der Waals surface area contributed by atoms with E-state index in [9.17, 15) is 23.7 Å². The molecule has 3 aliphatic rings. The molecule has 4 aromatic rings. The maximum absolute atomic E-state index is 13.3. The van der Waals surface area contributed by atoms with Crippen LogP contribution in [0.3, 0.4) is 0 Å². The van der Waals surface area contributed by atoms with Crippen molar-refractivity contribution in [3.8, 4) is 5.75 Å². The number of nitrogens with one attached hydrogen (secondary N) is 3. The van der Waals surface area contributed by atoms with Gasteiger partial charge in [0.05, 0.1) is 29.0 Å². The number of carbonyl (C=O) groups excluding carboxylic acids is 4. The van der Waals surface area contributed by atoms with Gasteiger partial charge in [-0.1, -0.05) is 54.4 Å². The largest absolute Gasteiger partial charge is 0.496 e. The summed E-state index contributed by atoms with van der Waals surface area (Å²) in [5.74, 6) is -0.597. The van der Waals surface area contributed by atoms with Crippen LogP contribution in [-0.2, 0) is 27.0 Å². The van der Waals surface area contributed by atoms with Crippen molar-refractivity contribution in [3.63, 3.8) is 0 Å². The minimum absolute atomic E-state index is 0.0859. The van der Waals surface area contributed by atoms with E-state index in [1.807, 2.05) is 24.3 Å². The van der Waals surface area contributed by atoms with Gasteiger partial charge in [0.15, 0.2) is 0 Å². The molecule has 13 nitrogen and oxygen atoms in total. The molecule has 1 atom stereocenters. The lowest BCUT2D eigenvalue weighted by Crippen LogP contribution is -2.54. The van der Waals surface area contributed by atoms with Gasteiger partial charge < -0.3 is 24.8 Å². The Balaban J connectivity index is 0.843.